The first-order valence-corrected chi connectivity index (χ1v) is 11.4. The predicted molar refractivity (Wildman–Crippen MR) is 125 cm³/mol. The highest BCUT2D eigenvalue weighted by molar-refractivity contribution is 6.20. The van der Waals surface area contributed by atoms with Crippen LogP contribution in [0.25, 0.3) is 0 Å². The van der Waals surface area contributed by atoms with E-state index in [2.05, 4.69) is 15.3 Å². The second kappa shape index (κ2) is 9.52. The van der Waals surface area contributed by atoms with Gasteiger partial charge >= 0.3 is 0 Å². The van der Waals surface area contributed by atoms with Crippen molar-refractivity contribution in [1.82, 2.24) is 4.98 Å². The van der Waals surface area contributed by atoms with Gasteiger partial charge in [0.2, 0.25) is 17.5 Å². The normalized spacial score (nSPS) is 19.4. The van der Waals surface area contributed by atoms with E-state index >= 15 is 0 Å². The number of benzene rings is 2. The van der Waals surface area contributed by atoms with Gasteiger partial charge in [0.1, 0.15) is 11.7 Å². The van der Waals surface area contributed by atoms with Crippen molar-refractivity contribution in [2.24, 2.45) is 4.99 Å². The van der Waals surface area contributed by atoms with Gasteiger partial charge < -0.3 is 10.2 Å². The van der Waals surface area contributed by atoms with Gasteiger partial charge in [-0.15, -0.1) is 0 Å². The first-order chi connectivity index (χ1) is 17.3. The third-order valence-electron chi connectivity index (χ3n) is 6.36. The van der Waals surface area contributed by atoms with Crippen LogP contribution in [0.15, 0.2) is 59.6 Å². The molecule has 2 aliphatic rings. The number of nitrogens with zero attached hydrogens (tertiary/aromatic N) is 3. The molecule has 0 radical (unpaired) electrons. The van der Waals surface area contributed by atoms with Gasteiger partial charge in [-0.1, -0.05) is 48.5 Å². The fraction of sp³-hybridized carbons (Fsp3) is 0.231. The molecule has 0 aliphatic carbocycles. The number of ketones is 1. The Labute approximate surface area is 203 Å². The number of pyridine rings is 1. The summed E-state index contributed by atoms with van der Waals surface area (Å²) >= 11 is 0. The number of fused-ring (bicyclic) bond motifs is 1. The lowest BCUT2D eigenvalue weighted by molar-refractivity contribution is -0.124. The maximum Gasteiger partial charge on any atom is 0.253 e. The summed E-state index contributed by atoms with van der Waals surface area (Å²) in [5.41, 5.74) is 1.51. The van der Waals surface area contributed by atoms with E-state index in [0.717, 1.165) is 10.5 Å². The Bertz CT molecular complexity index is 1350. The van der Waals surface area contributed by atoms with Crippen molar-refractivity contribution in [2.75, 3.05) is 16.8 Å². The molecule has 2 aromatic carbocycles. The van der Waals surface area contributed by atoms with Gasteiger partial charge in [-0.2, -0.15) is 22.5 Å². The van der Waals surface area contributed by atoms with Crippen LogP contribution in [0.2, 0.25) is 0 Å². The monoisotopic (exact) mass is 496 g/mol. The number of aromatic nitrogens is 1. The Morgan fingerprint density at radius 2 is 1.64 bits per heavy atom. The molecule has 0 spiro atoms. The van der Waals surface area contributed by atoms with Crippen LogP contribution in [0.4, 0.5) is 28.9 Å². The average molecular weight is 496 g/mol. The fourth-order valence-corrected chi connectivity index (χ4v) is 4.69. The maximum absolute atomic E-state index is 14.4. The Kier molecular flexibility index (Phi) is 6.26. The quantitative estimate of drug-likeness (QED) is 0.419. The highest BCUT2D eigenvalue weighted by Crippen LogP contribution is 2.33. The molecule has 1 N–H and O–H groups in total. The van der Waals surface area contributed by atoms with Crippen molar-refractivity contribution >= 4 is 28.8 Å². The van der Waals surface area contributed by atoms with Gasteiger partial charge in [0, 0.05) is 24.1 Å². The first kappa shape index (κ1) is 23.7. The second-order valence-corrected chi connectivity index (χ2v) is 8.59. The highest BCUT2D eigenvalue weighted by Gasteiger charge is 2.38. The van der Waals surface area contributed by atoms with Gasteiger partial charge in [0.05, 0.1) is 17.4 Å². The number of hydrogen-bond acceptors (Lipinski definition) is 5. The molecule has 1 aromatic heterocycles. The zero-order valence-electron chi connectivity index (χ0n) is 18.8. The molecule has 0 saturated carbocycles. The third kappa shape index (κ3) is 4.23. The fourth-order valence-electron chi connectivity index (χ4n) is 4.69. The Hall–Kier alpha value is -4.08. The number of carbonyl (C=O) groups is 2. The molecule has 0 unspecified atom stereocenters. The van der Waals surface area contributed by atoms with E-state index < -0.39 is 53.0 Å². The van der Waals surface area contributed by atoms with Crippen molar-refractivity contribution in [3.05, 3.63) is 89.3 Å². The average Bonchev–Trinajstić information content (AvgIpc) is 3.31. The zero-order valence-corrected chi connectivity index (χ0v) is 18.8. The summed E-state index contributed by atoms with van der Waals surface area (Å²) in [7, 11) is 0. The van der Waals surface area contributed by atoms with E-state index in [0.29, 0.717) is 23.4 Å². The molecular formula is C26H20F4N4O2. The van der Waals surface area contributed by atoms with Crippen LogP contribution >= 0.6 is 0 Å². The SMILES string of the molecule is O=C1Nc2ccccc2C(c2ccccc2)=N[C@@H]1CC(=O)[C@@H]1CCCN1c1c(F)c(F)nc(F)c1F. The number of benzodiazepines with no additional fused rings is 1. The van der Waals surface area contributed by atoms with Crippen LogP contribution in [-0.2, 0) is 9.59 Å². The molecule has 5 rings (SSSR count). The van der Waals surface area contributed by atoms with Crippen molar-refractivity contribution < 1.29 is 27.2 Å². The molecule has 1 amide bonds. The summed E-state index contributed by atoms with van der Waals surface area (Å²) in [6.07, 6.45) is 0.200. The van der Waals surface area contributed by atoms with Gasteiger partial charge in [-0.25, -0.2) is 0 Å². The molecule has 2 aliphatic heterocycles. The standard InChI is InChI=1S/C26H20F4N4O2/c27-20-23(21(28)25(30)33-24(20)29)34-12-6-11-18(34)19(35)13-17-26(36)32-16-10-5-4-9-15(16)22(31-17)14-7-2-1-3-8-14/h1-5,7-10,17-18H,6,11-13H2,(H,32,36)/t17-,18+/m1/s1. The largest absolute Gasteiger partial charge is 0.356 e. The summed E-state index contributed by atoms with van der Waals surface area (Å²) in [5.74, 6) is -7.95. The van der Waals surface area contributed by atoms with E-state index in [-0.39, 0.29) is 19.4 Å². The number of para-hydroxylation sites is 1. The zero-order chi connectivity index (χ0) is 25.4. The van der Waals surface area contributed by atoms with E-state index in [1.54, 1.807) is 18.2 Å². The summed E-state index contributed by atoms with van der Waals surface area (Å²) in [6, 6.07) is 14.1. The van der Waals surface area contributed by atoms with E-state index in [1.165, 1.54) is 0 Å². The molecule has 1 saturated heterocycles. The van der Waals surface area contributed by atoms with Crippen LogP contribution in [0.1, 0.15) is 30.4 Å². The Morgan fingerprint density at radius 3 is 2.36 bits per heavy atom. The molecule has 10 heteroatoms. The summed E-state index contributed by atoms with van der Waals surface area (Å²) in [4.78, 5) is 34.6. The van der Waals surface area contributed by atoms with Gasteiger partial charge in [0.25, 0.3) is 11.9 Å². The van der Waals surface area contributed by atoms with Crippen LogP contribution in [0.3, 0.4) is 0 Å². The number of hydrogen-bond donors (Lipinski definition) is 1. The Balaban J connectivity index is 1.48. The molecule has 184 valence electrons. The van der Waals surface area contributed by atoms with Crippen molar-refractivity contribution in [1.29, 1.82) is 0 Å². The number of carbonyl (C=O) groups excluding carboxylic acids is 2. The molecule has 3 heterocycles. The molecule has 6 nitrogen and oxygen atoms in total. The molecule has 1 fully saturated rings. The number of Topliss-reactive ketones (excluding diaryl/α,β-unsaturated/α-hetero) is 1. The number of nitrogens with one attached hydrogen (secondary N) is 1. The molecule has 0 bridgehead atoms. The van der Waals surface area contributed by atoms with Crippen molar-refractivity contribution in [3.63, 3.8) is 0 Å². The van der Waals surface area contributed by atoms with Crippen LogP contribution in [-0.4, -0.2) is 41.0 Å². The summed E-state index contributed by atoms with van der Waals surface area (Å²) < 4.78 is 56.3. The molecule has 36 heavy (non-hydrogen) atoms. The van der Waals surface area contributed by atoms with Crippen molar-refractivity contribution in [2.45, 2.75) is 31.3 Å². The van der Waals surface area contributed by atoms with Crippen LogP contribution < -0.4 is 10.2 Å². The van der Waals surface area contributed by atoms with E-state index in [9.17, 15) is 27.2 Å². The predicted octanol–water partition coefficient (Wildman–Crippen LogP) is 4.42. The minimum absolute atomic E-state index is 0.00791. The second-order valence-electron chi connectivity index (χ2n) is 8.59. The molecule has 2 atom stereocenters. The van der Waals surface area contributed by atoms with E-state index in [1.807, 2.05) is 36.4 Å². The third-order valence-corrected chi connectivity index (χ3v) is 6.36. The molecular weight excluding hydrogens is 476 g/mol. The lowest BCUT2D eigenvalue weighted by Gasteiger charge is -2.27. The summed E-state index contributed by atoms with van der Waals surface area (Å²) in [5, 5.41) is 2.80. The minimum atomic E-state index is -1.79. The van der Waals surface area contributed by atoms with E-state index in [4.69, 9.17) is 0 Å². The molecule has 3 aromatic rings. The highest BCUT2D eigenvalue weighted by atomic mass is 19.2. The number of anilines is 2. The number of rotatable bonds is 5. The first-order valence-electron chi connectivity index (χ1n) is 11.4. The van der Waals surface area contributed by atoms with Crippen LogP contribution in [0.5, 0.6) is 0 Å². The maximum atomic E-state index is 14.4. The topological polar surface area (TPSA) is 74.7 Å². The van der Waals surface area contributed by atoms with Gasteiger partial charge in [0.15, 0.2) is 5.78 Å². The lowest BCUT2D eigenvalue weighted by atomic mass is 10.00. The van der Waals surface area contributed by atoms with Crippen LogP contribution in [0, 0.1) is 23.5 Å². The number of amides is 1. The van der Waals surface area contributed by atoms with Crippen molar-refractivity contribution in [3.8, 4) is 0 Å². The minimum Gasteiger partial charge on any atom is -0.356 e. The Morgan fingerprint density at radius 1 is 0.972 bits per heavy atom. The summed E-state index contributed by atoms with van der Waals surface area (Å²) in [6.45, 7) is 0.00791. The number of aliphatic imine (C=N–C) groups is 1. The van der Waals surface area contributed by atoms with Gasteiger partial charge in [-0.3, -0.25) is 14.6 Å². The number of halogens is 4. The van der Waals surface area contributed by atoms with Gasteiger partial charge in [-0.05, 0) is 18.9 Å². The smallest absolute Gasteiger partial charge is 0.253 e. The lowest BCUT2D eigenvalue weighted by Crippen LogP contribution is -2.40.